The van der Waals surface area contributed by atoms with Gasteiger partial charge in [0.15, 0.2) is 0 Å². The molecule has 1 aliphatic heterocycles. The van der Waals surface area contributed by atoms with E-state index in [9.17, 15) is 4.79 Å². The van der Waals surface area contributed by atoms with E-state index >= 15 is 0 Å². The van der Waals surface area contributed by atoms with Crippen molar-refractivity contribution in [2.75, 3.05) is 26.2 Å². The van der Waals surface area contributed by atoms with Crippen molar-refractivity contribution >= 4 is 5.91 Å². The smallest absolute Gasteiger partial charge is 0.222 e. The third-order valence-electron chi connectivity index (χ3n) is 5.66. The molecule has 0 aromatic rings. The zero-order chi connectivity index (χ0) is 17.5. The molecule has 0 unspecified atom stereocenters. The Balaban J connectivity index is 1.57. The summed E-state index contributed by atoms with van der Waals surface area (Å²) in [7, 11) is 0. The number of nitrogens with zero attached hydrogens (tertiary/aromatic N) is 2. The lowest BCUT2D eigenvalue weighted by Gasteiger charge is -2.37. The number of hydrogen-bond acceptors (Lipinski definition) is 3. The monoisotopic (exact) mass is 338 g/mol. The van der Waals surface area contributed by atoms with Crippen LogP contribution in [0.3, 0.4) is 0 Å². The fraction of sp³-hybridized carbons (Fsp3) is 0.950. The van der Waals surface area contributed by atoms with Gasteiger partial charge in [0.25, 0.3) is 0 Å². The van der Waals surface area contributed by atoms with Crippen molar-refractivity contribution in [2.24, 2.45) is 5.92 Å². The third-order valence-corrected chi connectivity index (χ3v) is 5.66. The summed E-state index contributed by atoms with van der Waals surface area (Å²) < 4.78 is 5.92. The first kappa shape index (κ1) is 19.7. The van der Waals surface area contributed by atoms with Gasteiger partial charge < -0.3 is 9.64 Å². The van der Waals surface area contributed by atoms with Crippen molar-refractivity contribution in [3.63, 3.8) is 0 Å². The molecule has 24 heavy (non-hydrogen) atoms. The van der Waals surface area contributed by atoms with Crippen molar-refractivity contribution < 1.29 is 9.53 Å². The SMILES string of the molecule is CC(C)O[C@H]1CC[C@H](CCCC(=O)N2CCN(C(C)C)CC2)CC1. The molecule has 1 saturated carbocycles. The normalized spacial score (nSPS) is 26.3. The molecule has 140 valence electrons. The van der Waals surface area contributed by atoms with Gasteiger partial charge in [-0.05, 0) is 72.1 Å². The zero-order valence-corrected chi connectivity index (χ0v) is 16.3. The Hall–Kier alpha value is -0.610. The number of carbonyl (C=O) groups excluding carboxylic acids is 1. The molecule has 4 nitrogen and oxygen atoms in total. The molecular formula is C20H38N2O2. The minimum atomic E-state index is 0.348. The van der Waals surface area contributed by atoms with Gasteiger partial charge >= 0.3 is 0 Å². The van der Waals surface area contributed by atoms with E-state index in [-0.39, 0.29) is 0 Å². The van der Waals surface area contributed by atoms with E-state index in [4.69, 9.17) is 4.74 Å². The minimum absolute atomic E-state index is 0.348. The summed E-state index contributed by atoms with van der Waals surface area (Å²) in [5.74, 6) is 1.18. The van der Waals surface area contributed by atoms with Crippen molar-refractivity contribution in [3.8, 4) is 0 Å². The molecule has 2 aliphatic rings. The van der Waals surface area contributed by atoms with Crippen LogP contribution in [0.25, 0.3) is 0 Å². The topological polar surface area (TPSA) is 32.8 Å². The van der Waals surface area contributed by atoms with Gasteiger partial charge in [-0.1, -0.05) is 0 Å². The lowest BCUT2D eigenvalue weighted by atomic mass is 9.84. The van der Waals surface area contributed by atoms with Crippen LogP contribution in [0.2, 0.25) is 0 Å². The lowest BCUT2D eigenvalue weighted by Crippen LogP contribution is -2.50. The first-order chi connectivity index (χ1) is 11.5. The standard InChI is InChI=1S/C20H38N2O2/c1-16(2)21-12-14-22(15-13-21)20(23)7-5-6-18-8-10-19(11-9-18)24-17(3)4/h16-19H,5-15H2,1-4H3/t18-,19-. The number of hydrogen-bond donors (Lipinski definition) is 0. The number of ether oxygens (including phenoxy) is 1. The Morgan fingerprint density at radius 2 is 1.62 bits per heavy atom. The van der Waals surface area contributed by atoms with Gasteiger partial charge in [0.05, 0.1) is 12.2 Å². The van der Waals surface area contributed by atoms with Crippen LogP contribution >= 0.6 is 0 Å². The summed E-state index contributed by atoms with van der Waals surface area (Å²) in [6.45, 7) is 12.6. The second-order valence-corrected chi connectivity index (χ2v) is 8.23. The highest BCUT2D eigenvalue weighted by Crippen LogP contribution is 2.30. The highest BCUT2D eigenvalue weighted by Gasteiger charge is 2.24. The fourth-order valence-corrected chi connectivity index (χ4v) is 4.13. The van der Waals surface area contributed by atoms with Crippen LogP contribution in [-0.2, 0) is 9.53 Å². The molecule has 0 spiro atoms. The van der Waals surface area contributed by atoms with Gasteiger partial charge in [-0.25, -0.2) is 0 Å². The average molecular weight is 339 g/mol. The van der Waals surface area contributed by atoms with Gasteiger partial charge in [-0.2, -0.15) is 0 Å². The van der Waals surface area contributed by atoms with Gasteiger partial charge in [0, 0.05) is 38.6 Å². The van der Waals surface area contributed by atoms with Crippen LogP contribution in [0.4, 0.5) is 0 Å². The first-order valence-corrected chi connectivity index (χ1v) is 10.1. The summed E-state index contributed by atoms with van der Waals surface area (Å²) in [5, 5.41) is 0. The van der Waals surface area contributed by atoms with E-state index in [2.05, 4.69) is 37.5 Å². The summed E-state index contributed by atoms with van der Waals surface area (Å²) in [6.07, 6.45) is 8.79. The Morgan fingerprint density at radius 1 is 1.00 bits per heavy atom. The predicted octanol–water partition coefficient (Wildman–Crippen LogP) is 3.69. The average Bonchev–Trinajstić information content (AvgIpc) is 2.56. The molecule has 1 heterocycles. The van der Waals surface area contributed by atoms with E-state index in [1.165, 1.54) is 32.1 Å². The number of amides is 1. The molecule has 0 aromatic carbocycles. The van der Waals surface area contributed by atoms with Crippen LogP contribution in [-0.4, -0.2) is 60.1 Å². The molecule has 1 amide bonds. The Morgan fingerprint density at radius 3 is 2.17 bits per heavy atom. The largest absolute Gasteiger partial charge is 0.376 e. The maximum atomic E-state index is 12.4. The van der Waals surface area contributed by atoms with Gasteiger partial charge in [-0.3, -0.25) is 9.69 Å². The molecule has 1 aliphatic carbocycles. The number of carbonyl (C=O) groups is 1. The molecule has 0 N–H and O–H groups in total. The van der Waals surface area contributed by atoms with Crippen LogP contribution in [0.1, 0.15) is 72.6 Å². The van der Waals surface area contributed by atoms with Crippen LogP contribution < -0.4 is 0 Å². The van der Waals surface area contributed by atoms with Crippen molar-refractivity contribution in [3.05, 3.63) is 0 Å². The second-order valence-electron chi connectivity index (χ2n) is 8.23. The van der Waals surface area contributed by atoms with E-state index in [0.717, 1.165) is 44.9 Å². The highest BCUT2D eigenvalue weighted by molar-refractivity contribution is 5.76. The quantitative estimate of drug-likeness (QED) is 0.710. The van der Waals surface area contributed by atoms with E-state index in [0.29, 0.717) is 24.2 Å². The first-order valence-electron chi connectivity index (χ1n) is 10.1. The van der Waals surface area contributed by atoms with E-state index in [1.54, 1.807) is 0 Å². The van der Waals surface area contributed by atoms with Gasteiger partial charge in [-0.15, -0.1) is 0 Å². The van der Waals surface area contributed by atoms with Crippen LogP contribution in [0.5, 0.6) is 0 Å². The molecule has 2 rings (SSSR count). The molecule has 1 saturated heterocycles. The molecule has 0 radical (unpaired) electrons. The molecule has 0 bridgehead atoms. The maximum absolute atomic E-state index is 12.4. The van der Waals surface area contributed by atoms with Crippen molar-refractivity contribution in [1.82, 2.24) is 9.80 Å². The lowest BCUT2D eigenvalue weighted by molar-refractivity contribution is -0.133. The van der Waals surface area contributed by atoms with Gasteiger partial charge in [0.1, 0.15) is 0 Å². The number of piperazine rings is 1. The number of rotatable bonds is 7. The molecule has 4 heteroatoms. The van der Waals surface area contributed by atoms with Crippen molar-refractivity contribution in [1.29, 1.82) is 0 Å². The van der Waals surface area contributed by atoms with E-state index in [1.807, 2.05) is 0 Å². The molecule has 0 aromatic heterocycles. The minimum Gasteiger partial charge on any atom is -0.376 e. The second kappa shape index (κ2) is 9.76. The van der Waals surface area contributed by atoms with E-state index < -0.39 is 0 Å². The Kier molecular flexibility index (Phi) is 8.02. The maximum Gasteiger partial charge on any atom is 0.222 e. The molecule has 0 atom stereocenters. The Bertz CT molecular complexity index is 368. The van der Waals surface area contributed by atoms with Crippen LogP contribution in [0, 0.1) is 5.92 Å². The molecule has 2 fully saturated rings. The Labute approximate surface area is 148 Å². The highest BCUT2D eigenvalue weighted by atomic mass is 16.5. The van der Waals surface area contributed by atoms with Crippen molar-refractivity contribution in [2.45, 2.75) is 90.9 Å². The fourth-order valence-electron chi connectivity index (χ4n) is 4.13. The summed E-state index contributed by atoms with van der Waals surface area (Å²) in [5.41, 5.74) is 0. The summed E-state index contributed by atoms with van der Waals surface area (Å²) in [4.78, 5) is 16.9. The predicted molar refractivity (Wildman–Crippen MR) is 99.1 cm³/mol. The molecular weight excluding hydrogens is 300 g/mol. The van der Waals surface area contributed by atoms with Gasteiger partial charge in [0.2, 0.25) is 5.91 Å². The summed E-state index contributed by atoms with van der Waals surface area (Å²) >= 11 is 0. The third kappa shape index (κ3) is 6.36. The zero-order valence-electron chi connectivity index (χ0n) is 16.3. The van der Waals surface area contributed by atoms with Crippen LogP contribution in [0.15, 0.2) is 0 Å². The summed E-state index contributed by atoms with van der Waals surface area (Å²) in [6, 6.07) is 0.594.